The molecule has 104 valence electrons. The molecule has 0 radical (unpaired) electrons. The molecule has 5 heteroatoms. The van der Waals surface area contributed by atoms with Crippen LogP contribution in [-0.2, 0) is 0 Å². The van der Waals surface area contributed by atoms with E-state index in [0.717, 1.165) is 13.1 Å². The van der Waals surface area contributed by atoms with E-state index in [1.165, 1.54) is 25.9 Å². The maximum Gasteiger partial charge on any atom is 0.252 e. The average molecular weight is 262 g/mol. The number of nitrogens with two attached hydrogens (primary N) is 1. The second-order valence-corrected chi connectivity index (χ2v) is 5.26. The summed E-state index contributed by atoms with van der Waals surface area (Å²) in [6.07, 6.45) is 4.29. The quantitative estimate of drug-likeness (QED) is 0.811. The monoisotopic (exact) mass is 262 g/mol. The van der Waals surface area contributed by atoms with Gasteiger partial charge in [-0.05, 0) is 44.0 Å². The summed E-state index contributed by atoms with van der Waals surface area (Å²) in [5.41, 5.74) is 5.78. The molecule has 1 unspecified atom stereocenters. The Kier molecular flexibility index (Phi) is 4.74. The van der Waals surface area contributed by atoms with Gasteiger partial charge in [0.05, 0.1) is 5.56 Å². The summed E-state index contributed by atoms with van der Waals surface area (Å²) in [7, 11) is 0. The number of pyridine rings is 1. The summed E-state index contributed by atoms with van der Waals surface area (Å²) >= 11 is 0. The van der Waals surface area contributed by atoms with E-state index >= 15 is 0 Å². The molecule has 1 aliphatic rings. The van der Waals surface area contributed by atoms with Crippen LogP contribution in [0.5, 0.6) is 0 Å². The third-order valence-electron chi connectivity index (χ3n) is 3.46. The molecular weight excluding hydrogens is 240 g/mol. The molecule has 1 amide bonds. The summed E-state index contributed by atoms with van der Waals surface area (Å²) in [6.45, 7) is 6.51. The maximum atomic E-state index is 11.3. The number of hydrogen-bond acceptors (Lipinski definition) is 4. The van der Waals surface area contributed by atoms with Crippen molar-refractivity contribution in [2.45, 2.75) is 19.8 Å². The molecule has 0 saturated carbocycles. The Morgan fingerprint density at radius 3 is 2.95 bits per heavy atom. The van der Waals surface area contributed by atoms with Gasteiger partial charge in [0.2, 0.25) is 0 Å². The van der Waals surface area contributed by atoms with Crippen LogP contribution in [0.15, 0.2) is 18.3 Å². The van der Waals surface area contributed by atoms with Gasteiger partial charge < -0.3 is 16.0 Å². The molecule has 0 aromatic carbocycles. The van der Waals surface area contributed by atoms with Crippen molar-refractivity contribution >= 4 is 11.7 Å². The number of likely N-dealkylation sites (tertiary alicyclic amines) is 1. The number of anilines is 1. The zero-order valence-corrected chi connectivity index (χ0v) is 11.4. The molecule has 2 heterocycles. The Bertz CT molecular complexity index is 429. The number of nitrogens with zero attached hydrogens (tertiary/aromatic N) is 2. The van der Waals surface area contributed by atoms with Gasteiger partial charge in [0.25, 0.3) is 5.91 Å². The van der Waals surface area contributed by atoms with Crippen molar-refractivity contribution in [3.05, 3.63) is 23.9 Å². The zero-order valence-electron chi connectivity index (χ0n) is 11.4. The highest BCUT2D eigenvalue weighted by Crippen LogP contribution is 2.13. The van der Waals surface area contributed by atoms with Gasteiger partial charge in [-0.1, -0.05) is 6.92 Å². The number of hydrogen-bond donors (Lipinski definition) is 2. The second kappa shape index (κ2) is 6.52. The van der Waals surface area contributed by atoms with Crippen molar-refractivity contribution in [2.24, 2.45) is 11.7 Å². The lowest BCUT2D eigenvalue weighted by Crippen LogP contribution is -2.29. The molecule has 1 aromatic rings. The summed E-state index contributed by atoms with van der Waals surface area (Å²) < 4.78 is 0. The summed E-state index contributed by atoms with van der Waals surface area (Å²) in [6, 6.07) is 3.42. The molecule has 1 fully saturated rings. The number of primary amides is 1. The number of aromatic nitrogens is 1. The molecule has 0 spiro atoms. The number of rotatable bonds is 6. The van der Waals surface area contributed by atoms with E-state index < -0.39 is 5.91 Å². The van der Waals surface area contributed by atoms with Crippen LogP contribution in [0, 0.1) is 5.92 Å². The first kappa shape index (κ1) is 13.8. The summed E-state index contributed by atoms with van der Waals surface area (Å²) in [5.74, 6) is 0.659. The standard InChI is InChI=1S/C14H22N4O/c1-11(10-18-7-2-3-8-18)9-17-14-12(13(15)19)5-4-6-16-14/h4-6,11H,2-3,7-10H2,1H3,(H2,15,19)(H,16,17). The third-order valence-corrected chi connectivity index (χ3v) is 3.46. The number of carbonyl (C=O) groups excluding carboxylic acids is 1. The van der Waals surface area contributed by atoms with E-state index in [1.807, 2.05) is 0 Å². The van der Waals surface area contributed by atoms with Gasteiger partial charge in [-0.3, -0.25) is 4.79 Å². The van der Waals surface area contributed by atoms with Crippen molar-refractivity contribution < 1.29 is 4.79 Å². The Labute approximate surface area is 114 Å². The van der Waals surface area contributed by atoms with Crippen LogP contribution in [-0.4, -0.2) is 42.0 Å². The Morgan fingerprint density at radius 1 is 1.53 bits per heavy atom. The normalized spacial score (nSPS) is 17.3. The minimum atomic E-state index is -0.442. The van der Waals surface area contributed by atoms with Crippen molar-refractivity contribution in [2.75, 3.05) is 31.5 Å². The smallest absolute Gasteiger partial charge is 0.252 e. The van der Waals surface area contributed by atoms with Crippen molar-refractivity contribution in [1.29, 1.82) is 0 Å². The number of amides is 1. The molecule has 5 nitrogen and oxygen atoms in total. The van der Waals surface area contributed by atoms with Gasteiger partial charge >= 0.3 is 0 Å². The molecule has 1 atom stereocenters. The molecular formula is C14H22N4O. The van der Waals surface area contributed by atoms with Crippen LogP contribution >= 0.6 is 0 Å². The Morgan fingerprint density at radius 2 is 2.26 bits per heavy atom. The van der Waals surface area contributed by atoms with E-state index in [1.54, 1.807) is 18.3 Å². The van der Waals surface area contributed by atoms with Gasteiger partial charge in [-0.25, -0.2) is 4.98 Å². The third kappa shape index (κ3) is 3.92. The van der Waals surface area contributed by atoms with E-state index in [-0.39, 0.29) is 0 Å². The Balaban J connectivity index is 1.85. The van der Waals surface area contributed by atoms with Gasteiger partial charge in [0, 0.05) is 19.3 Å². The Hall–Kier alpha value is -1.62. The van der Waals surface area contributed by atoms with E-state index in [4.69, 9.17) is 5.73 Å². The molecule has 0 aliphatic carbocycles. The number of carbonyl (C=O) groups is 1. The second-order valence-electron chi connectivity index (χ2n) is 5.26. The predicted octanol–water partition coefficient (Wildman–Crippen LogP) is 1.32. The average Bonchev–Trinajstić information content (AvgIpc) is 2.89. The first-order valence-corrected chi connectivity index (χ1v) is 6.88. The van der Waals surface area contributed by atoms with Gasteiger partial charge in [-0.2, -0.15) is 0 Å². The highest BCUT2D eigenvalue weighted by Gasteiger charge is 2.15. The predicted molar refractivity (Wildman–Crippen MR) is 76.1 cm³/mol. The molecule has 3 N–H and O–H groups in total. The molecule has 1 aliphatic heterocycles. The van der Waals surface area contributed by atoms with Crippen LogP contribution in [0.2, 0.25) is 0 Å². The van der Waals surface area contributed by atoms with E-state index in [9.17, 15) is 4.79 Å². The van der Waals surface area contributed by atoms with Crippen molar-refractivity contribution in [1.82, 2.24) is 9.88 Å². The van der Waals surface area contributed by atoms with Crippen LogP contribution in [0.1, 0.15) is 30.1 Å². The lowest BCUT2D eigenvalue weighted by Gasteiger charge is -2.21. The SMILES string of the molecule is CC(CNc1ncccc1C(N)=O)CN1CCCC1. The van der Waals surface area contributed by atoms with Crippen LogP contribution in [0.4, 0.5) is 5.82 Å². The first-order valence-electron chi connectivity index (χ1n) is 6.88. The largest absolute Gasteiger partial charge is 0.369 e. The summed E-state index contributed by atoms with van der Waals surface area (Å²) in [4.78, 5) is 17.9. The minimum absolute atomic E-state index is 0.442. The van der Waals surface area contributed by atoms with Crippen LogP contribution in [0.25, 0.3) is 0 Å². The van der Waals surface area contributed by atoms with Gasteiger partial charge in [0.1, 0.15) is 5.82 Å². The number of nitrogens with one attached hydrogen (secondary N) is 1. The van der Waals surface area contributed by atoms with Crippen LogP contribution < -0.4 is 11.1 Å². The molecule has 1 aromatic heterocycles. The molecule has 1 saturated heterocycles. The molecule has 2 rings (SSSR count). The highest BCUT2D eigenvalue weighted by atomic mass is 16.1. The fourth-order valence-electron chi connectivity index (χ4n) is 2.49. The maximum absolute atomic E-state index is 11.3. The lowest BCUT2D eigenvalue weighted by molar-refractivity contribution is 0.100. The van der Waals surface area contributed by atoms with Gasteiger partial charge in [-0.15, -0.1) is 0 Å². The van der Waals surface area contributed by atoms with Crippen molar-refractivity contribution in [3.8, 4) is 0 Å². The van der Waals surface area contributed by atoms with E-state index in [2.05, 4.69) is 22.1 Å². The summed E-state index contributed by atoms with van der Waals surface area (Å²) in [5, 5.41) is 3.23. The van der Waals surface area contributed by atoms with Gasteiger partial charge in [0.15, 0.2) is 0 Å². The minimum Gasteiger partial charge on any atom is -0.369 e. The molecule has 0 bridgehead atoms. The molecule has 19 heavy (non-hydrogen) atoms. The zero-order chi connectivity index (χ0) is 13.7. The van der Waals surface area contributed by atoms with E-state index in [0.29, 0.717) is 17.3 Å². The highest BCUT2D eigenvalue weighted by molar-refractivity contribution is 5.97. The fraction of sp³-hybridized carbons (Fsp3) is 0.571. The van der Waals surface area contributed by atoms with Crippen LogP contribution in [0.3, 0.4) is 0 Å². The first-order chi connectivity index (χ1) is 9.16. The lowest BCUT2D eigenvalue weighted by atomic mass is 10.1. The van der Waals surface area contributed by atoms with Crippen molar-refractivity contribution in [3.63, 3.8) is 0 Å². The fourth-order valence-corrected chi connectivity index (χ4v) is 2.49. The topological polar surface area (TPSA) is 71.2 Å².